The van der Waals surface area contributed by atoms with Gasteiger partial charge < -0.3 is 4.90 Å². The van der Waals surface area contributed by atoms with Crippen LogP contribution in [0.25, 0.3) is 0 Å². The Hall–Kier alpha value is -2.25. The normalized spacial score (nSPS) is 16.7. The van der Waals surface area contributed by atoms with Crippen molar-refractivity contribution in [1.29, 1.82) is 5.26 Å². The predicted octanol–water partition coefficient (Wildman–Crippen LogP) is 6.65. The summed E-state index contributed by atoms with van der Waals surface area (Å²) in [6.45, 7) is 5.01. The van der Waals surface area contributed by atoms with E-state index in [2.05, 4.69) is 42.2 Å². The van der Waals surface area contributed by atoms with Crippen LogP contribution < -0.4 is 0 Å². The predicted molar refractivity (Wildman–Crippen MR) is 122 cm³/mol. The number of likely N-dealkylation sites (N-methyl/N-ethyl adjacent to an activating group) is 1. The van der Waals surface area contributed by atoms with E-state index >= 15 is 0 Å². The van der Waals surface area contributed by atoms with Crippen LogP contribution in [-0.4, -0.2) is 24.5 Å². The Morgan fingerprint density at radius 3 is 2.39 bits per heavy atom. The van der Waals surface area contributed by atoms with E-state index in [0.29, 0.717) is 12.0 Å². The summed E-state index contributed by atoms with van der Waals surface area (Å²) < 4.78 is 27.7. The van der Waals surface area contributed by atoms with Crippen LogP contribution in [0.2, 0.25) is 0 Å². The average molecular weight is 425 g/mol. The van der Waals surface area contributed by atoms with Crippen molar-refractivity contribution < 1.29 is 8.78 Å². The molecule has 2 aromatic carbocycles. The standard InChI is InChI=1S/C27H34F2N2/c1-2-31(19-16-22-10-5-3-6-11-22)18-9-17-27(21-30,23-12-7-4-8-13-23)24-14-15-25(28)26(29)20-24/h3,5-6,10-11,14-15,20,23H,2,4,7-9,12-13,16-19H2,1H3. The van der Waals surface area contributed by atoms with Crippen LogP contribution >= 0.6 is 0 Å². The molecular weight excluding hydrogens is 390 g/mol. The van der Waals surface area contributed by atoms with Crippen molar-refractivity contribution in [3.05, 3.63) is 71.3 Å². The van der Waals surface area contributed by atoms with Crippen molar-refractivity contribution in [2.75, 3.05) is 19.6 Å². The zero-order valence-electron chi connectivity index (χ0n) is 18.6. The number of halogens is 2. The summed E-state index contributed by atoms with van der Waals surface area (Å²) in [4.78, 5) is 2.42. The lowest BCUT2D eigenvalue weighted by molar-refractivity contribution is 0.217. The van der Waals surface area contributed by atoms with Crippen molar-refractivity contribution in [3.63, 3.8) is 0 Å². The molecular formula is C27H34F2N2. The van der Waals surface area contributed by atoms with Gasteiger partial charge in [-0.2, -0.15) is 5.26 Å². The fourth-order valence-electron chi connectivity index (χ4n) is 5.11. The minimum Gasteiger partial charge on any atom is -0.303 e. The van der Waals surface area contributed by atoms with Crippen molar-refractivity contribution in [2.24, 2.45) is 5.92 Å². The van der Waals surface area contributed by atoms with Gasteiger partial charge in [0.15, 0.2) is 11.6 Å². The van der Waals surface area contributed by atoms with Gasteiger partial charge in [0.2, 0.25) is 0 Å². The minimum atomic E-state index is -0.856. The number of benzene rings is 2. The largest absolute Gasteiger partial charge is 0.303 e. The molecule has 166 valence electrons. The highest BCUT2D eigenvalue weighted by Gasteiger charge is 2.41. The Morgan fingerprint density at radius 2 is 1.74 bits per heavy atom. The van der Waals surface area contributed by atoms with E-state index < -0.39 is 17.0 Å². The lowest BCUT2D eigenvalue weighted by Crippen LogP contribution is -2.37. The molecule has 0 aromatic heterocycles. The summed E-state index contributed by atoms with van der Waals surface area (Å²) >= 11 is 0. The highest BCUT2D eigenvalue weighted by Crippen LogP contribution is 2.44. The van der Waals surface area contributed by atoms with Crippen molar-refractivity contribution in [1.82, 2.24) is 4.90 Å². The van der Waals surface area contributed by atoms with Gasteiger partial charge in [0, 0.05) is 6.54 Å². The summed E-state index contributed by atoms with van der Waals surface area (Å²) in [6, 6.07) is 17.1. The first-order valence-corrected chi connectivity index (χ1v) is 11.7. The van der Waals surface area contributed by atoms with Gasteiger partial charge in [-0.25, -0.2) is 8.78 Å². The molecule has 1 unspecified atom stereocenters. The minimum absolute atomic E-state index is 0.204. The molecule has 1 fully saturated rings. The summed E-state index contributed by atoms with van der Waals surface area (Å²) in [5, 5.41) is 10.3. The smallest absolute Gasteiger partial charge is 0.159 e. The summed E-state index contributed by atoms with van der Waals surface area (Å²) in [5.74, 6) is -1.50. The van der Waals surface area contributed by atoms with E-state index in [1.165, 1.54) is 24.1 Å². The van der Waals surface area contributed by atoms with E-state index in [4.69, 9.17) is 0 Å². The third kappa shape index (κ3) is 5.92. The number of hydrogen-bond acceptors (Lipinski definition) is 2. The summed E-state index contributed by atoms with van der Waals surface area (Å²) in [6.07, 6.45) is 7.93. The van der Waals surface area contributed by atoms with Gasteiger partial charge in [0.1, 0.15) is 0 Å². The number of nitrogens with zero attached hydrogens (tertiary/aromatic N) is 2. The third-order valence-electron chi connectivity index (χ3n) is 6.99. The fraction of sp³-hybridized carbons (Fsp3) is 0.519. The third-order valence-corrected chi connectivity index (χ3v) is 6.99. The van der Waals surface area contributed by atoms with Gasteiger partial charge in [0.05, 0.1) is 11.5 Å². The molecule has 0 bridgehead atoms. The van der Waals surface area contributed by atoms with E-state index in [1.54, 1.807) is 6.07 Å². The summed E-state index contributed by atoms with van der Waals surface area (Å²) in [7, 11) is 0. The molecule has 2 aromatic rings. The monoisotopic (exact) mass is 424 g/mol. The van der Waals surface area contributed by atoms with Gasteiger partial charge in [0.25, 0.3) is 0 Å². The van der Waals surface area contributed by atoms with E-state index in [1.807, 2.05) is 6.07 Å². The quantitative estimate of drug-likeness (QED) is 0.427. The van der Waals surface area contributed by atoms with E-state index in [9.17, 15) is 14.0 Å². The Labute approximate surface area is 185 Å². The van der Waals surface area contributed by atoms with Crippen LogP contribution in [0.1, 0.15) is 63.0 Å². The van der Waals surface area contributed by atoms with E-state index in [-0.39, 0.29) is 5.92 Å². The lowest BCUT2D eigenvalue weighted by atomic mass is 9.63. The lowest BCUT2D eigenvalue weighted by Gasteiger charge is -2.38. The molecule has 2 nitrogen and oxygen atoms in total. The molecule has 31 heavy (non-hydrogen) atoms. The first kappa shape index (κ1) is 23.4. The maximum atomic E-state index is 14.1. The molecule has 0 saturated heterocycles. The van der Waals surface area contributed by atoms with E-state index in [0.717, 1.165) is 58.2 Å². The number of hydrogen-bond donors (Lipinski definition) is 0. The van der Waals surface area contributed by atoms with Crippen molar-refractivity contribution in [3.8, 4) is 6.07 Å². The second-order valence-corrected chi connectivity index (χ2v) is 8.82. The Balaban J connectivity index is 1.70. The molecule has 0 aliphatic heterocycles. The van der Waals surface area contributed by atoms with Gasteiger partial charge in [-0.05, 0) is 74.4 Å². The molecule has 0 heterocycles. The van der Waals surface area contributed by atoms with Crippen LogP contribution in [0.5, 0.6) is 0 Å². The zero-order valence-corrected chi connectivity index (χ0v) is 18.6. The second-order valence-electron chi connectivity index (χ2n) is 8.82. The highest BCUT2D eigenvalue weighted by atomic mass is 19.2. The zero-order chi connectivity index (χ0) is 22.1. The molecule has 0 N–H and O–H groups in total. The Bertz CT molecular complexity index is 855. The van der Waals surface area contributed by atoms with Crippen molar-refractivity contribution in [2.45, 2.75) is 63.7 Å². The van der Waals surface area contributed by atoms with Crippen molar-refractivity contribution >= 4 is 0 Å². The first-order chi connectivity index (χ1) is 15.1. The topological polar surface area (TPSA) is 27.0 Å². The molecule has 1 atom stereocenters. The molecule has 0 spiro atoms. The molecule has 3 rings (SSSR count). The Kier molecular flexibility index (Phi) is 8.60. The van der Waals surface area contributed by atoms with Gasteiger partial charge >= 0.3 is 0 Å². The number of nitriles is 1. The molecule has 4 heteroatoms. The average Bonchev–Trinajstić information content (AvgIpc) is 2.82. The van der Waals surface area contributed by atoms with Crippen LogP contribution in [0.4, 0.5) is 8.78 Å². The van der Waals surface area contributed by atoms with Gasteiger partial charge in [-0.3, -0.25) is 0 Å². The highest BCUT2D eigenvalue weighted by molar-refractivity contribution is 5.35. The van der Waals surface area contributed by atoms with Gasteiger partial charge in [-0.1, -0.05) is 62.6 Å². The molecule has 1 aliphatic rings. The second kappa shape index (κ2) is 11.4. The van der Waals surface area contributed by atoms with Crippen LogP contribution in [-0.2, 0) is 11.8 Å². The van der Waals surface area contributed by atoms with Crippen LogP contribution in [0.15, 0.2) is 48.5 Å². The first-order valence-electron chi connectivity index (χ1n) is 11.7. The molecule has 0 radical (unpaired) electrons. The molecule has 1 aliphatic carbocycles. The van der Waals surface area contributed by atoms with Gasteiger partial charge in [-0.15, -0.1) is 0 Å². The number of rotatable bonds is 10. The Morgan fingerprint density at radius 1 is 1.00 bits per heavy atom. The van der Waals surface area contributed by atoms with Crippen LogP contribution in [0, 0.1) is 28.9 Å². The maximum absolute atomic E-state index is 14.1. The van der Waals surface area contributed by atoms with Crippen LogP contribution in [0.3, 0.4) is 0 Å². The SMILES string of the molecule is CCN(CCCC(C#N)(c1ccc(F)c(F)c1)C1CCCCC1)CCc1ccccc1. The summed E-state index contributed by atoms with van der Waals surface area (Å²) in [5.41, 5.74) is 1.23. The fourth-order valence-corrected chi connectivity index (χ4v) is 5.11. The molecule has 1 saturated carbocycles. The maximum Gasteiger partial charge on any atom is 0.159 e. The molecule has 0 amide bonds.